The lowest BCUT2D eigenvalue weighted by Crippen LogP contribution is -2.43. The van der Waals surface area contributed by atoms with Gasteiger partial charge < -0.3 is 20.4 Å². The summed E-state index contributed by atoms with van der Waals surface area (Å²) in [7, 11) is 0. The Morgan fingerprint density at radius 1 is 0.783 bits per heavy atom. The molecule has 0 radical (unpaired) electrons. The minimum atomic E-state index is 0.902. The fourth-order valence-electron chi connectivity index (χ4n) is 3.52. The Balaban J connectivity index is 1.64. The van der Waals surface area contributed by atoms with Crippen molar-refractivity contribution in [1.82, 2.24) is 20.4 Å². The Labute approximate surface area is 142 Å². The summed E-state index contributed by atoms with van der Waals surface area (Å²) < 4.78 is 0. The van der Waals surface area contributed by atoms with Gasteiger partial charge in [-0.2, -0.15) is 0 Å². The third-order valence-corrected chi connectivity index (χ3v) is 4.90. The van der Waals surface area contributed by atoms with E-state index in [9.17, 15) is 0 Å². The first-order chi connectivity index (χ1) is 11.4. The van der Waals surface area contributed by atoms with E-state index in [1.165, 1.54) is 71.1 Å². The van der Waals surface area contributed by atoms with E-state index in [0.717, 1.165) is 38.7 Å². The molecule has 2 N–H and O–H groups in total. The number of likely N-dealkylation sites (tertiary alicyclic amines) is 2. The lowest BCUT2D eigenvalue weighted by atomic mass is 10.1. The van der Waals surface area contributed by atoms with Crippen LogP contribution < -0.4 is 10.6 Å². The molecule has 5 nitrogen and oxygen atoms in total. The maximum Gasteiger partial charge on any atom is 0.191 e. The maximum atomic E-state index is 4.76. The average Bonchev–Trinajstić information content (AvgIpc) is 2.85. The molecule has 2 saturated heterocycles. The summed E-state index contributed by atoms with van der Waals surface area (Å²) in [5, 5.41) is 6.87. The molecular formula is C18H37N5. The first-order valence-electron chi connectivity index (χ1n) is 9.85. The van der Waals surface area contributed by atoms with Crippen LogP contribution in [-0.4, -0.2) is 74.7 Å². The van der Waals surface area contributed by atoms with Crippen LogP contribution >= 0.6 is 0 Å². The Kier molecular flexibility index (Phi) is 9.41. The Morgan fingerprint density at radius 2 is 1.35 bits per heavy atom. The molecule has 0 saturated carbocycles. The van der Waals surface area contributed by atoms with Crippen molar-refractivity contribution in [3.63, 3.8) is 0 Å². The Hall–Kier alpha value is -0.810. The molecule has 5 heteroatoms. The van der Waals surface area contributed by atoms with Gasteiger partial charge in [0, 0.05) is 26.2 Å². The topological polar surface area (TPSA) is 42.9 Å². The summed E-state index contributed by atoms with van der Waals surface area (Å²) in [6, 6.07) is 0. The maximum absolute atomic E-state index is 4.76. The SMILES string of the molecule is CCNC(=NCCN1CCCCCC1)NCCN1CCCCC1. The molecule has 0 bridgehead atoms. The predicted octanol–water partition coefficient (Wildman–Crippen LogP) is 1.90. The number of aliphatic imine (C=N–C) groups is 1. The van der Waals surface area contributed by atoms with Crippen molar-refractivity contribution in [3.8, 4) is 0 Å². The van der Waals surface area contributed by atoms with Gasteiger partial charge in [0.25, 0.3) is 0 Å². The minimum Gasteiger partial charge on any atom is -0.357 e. The summed E-state index contributed by atoms with van der Waals surface area (Å²) in [6.45, 7) is 12.3. The van der Waals surface area contributed by atoms with E-state index in [0.29, 0.717) is 0 Å². The van der Waals surface area contributed by atoms with Gasteiger partial charge in [0.2, 0.25) is 0 Å². The summed E-state index contributed by atoms with van der Waals surface area (Å²) in [5.74, 6) is 0.985. The molecule has 0 aromatic carbocycles. The van der Waals surface area contributed by atoms with E-state index < -0.39 is 0 Å². The van der Waals surface area contributed by atoms with Crippen molar-refractivity contribution >= 4 is 5.96 Å². The Bertz CT molecular complexity index is 317. The molecule has 2 heterocycles. The molecule has 0 aromatic rings. The highest BCUT2D eigenvalue weighted by atomic mass is 15.2. The highest BCUT2D eigenvalue weighted by Gasteiger charge is 2.10. The second kappa shape index (κ2) is 11.7. The molecule has 0 spiro atoms. The van der Waals surface area contributed by atoms with Crippen molar-refractivity contribution in [2.24, 2.45) is 4.99 Å². The van der Waals surface area contributed by atoms with Gasteiger partial charge in [-0.25, -0.2) is 0 Å². The highest BCUT2D eigenvalue weighted by molar-refractivity contribution is 5.79. The van der Waals surface area contributed by atoms with Gasteiger partial charge in [-0.15, -0.1) is 0 Å². The van der Waals surface area contributed by atoms with Crippen LogP contribution in [0, 0.1) is 0 Å². The van der Waals surface area contributed by atoms with Crippen molar-refractivity contribution in [2.75, 3.05) is 58.9 Å². The number of nitrogens with one attached hydrogen (secondary N) is 2. The largest absolute Gasteiger partial charge is 0.357 e. The molecule has 2 fully saturated rings. The summed E-state index contributed by atoms with van der Waals surface area (Å²) in [6.07, 6.45) is 9.66. The number of nitrogens with zero attached hydrogens (tertiary/aromatic N) is 3. The van der Waals surface area contributed by atoms with Gasteiger partial charge in [0.15, 0.2) is 5.96 Å². The molecule has 23 heavy (non-hydrogen) atoms. The second-order valence-corrected chi connectivity index (χ2v) is 6.85. The predicted molar refractivity (Wildman–Crippen MR) is 99.2 cm³/mol. The van der Waals surface area contributed by atoms with Gasteiger partial charge in [-0.1, -0.05) is 19.3 Å². The van der Waals surface area contributed by atoms with E-state index in [4.69, 9.17) is 4.99 Å². The molecule has 0 unspecified atom stereocenters. The molecule has 2 aliphatic rings. The fraction of sp³-hybridized carbons (Fsp3) is 0.944. The molecule has 0 atom stereocenters. The van der Waals surface area contributed by atoms with Gasteiger partial charge in [0.1, 0.15) is 0 Å². The van der Waals surface area contributed by atoms with Gasteiger partial charge >= 0.3 is 0 Å². The van der Waals surface area contributed by atoms with Crippen LogP contribution in [0.4, 0.5) is 0 Å². The standard InChI is InChI=1S/C18H37N5/c1-2-19-18(21-11-17-23-14-8-5-9-15-23)20-10-16-22-12-6-3-4-7-13-22/h2-17H2,1H3,(H2,19,20,21). The number of hydrogen-bond acceptors (Lipinski definition) is 3. The smallest absolute Gasteiger partial charge is 0.191 e. The third kappa shape index (κ3) is 8.02. The van der Waals surface area contributed by atoms with E-state index in [-0.39, 0.29) is 0 Å². The van der Waals surface area contributed by atoms with Crippen LogP contribution in [0.25, 0.3) is 0 Å². The van der Waals surface area contributed by atoms with E-state index >= 15 is 0 Å². The average molecular weight is 324 g/mol. The number of hydrogen-bond donors (Lipinski definition) is 2. The fourth-order valence-corrected chi connectivity index (χ4v) is 3.52. The first-order valence-corrected chi connectivity index (χ1v) is 9.85. The normalized spacial score (nSPS) is 21.9. The van der Waals surface area contributed by atoms with Crippen LogP contribution in [-0.2, 0) is 0 Å². The first kappa shape index (κ1) is 18.5. The van der Waals surface area contributed by atoms with Crippen molar-refractivity contribution in [2.45, 2.75) is 51.9 Å². The zero-order valence-corrected chi connectivity index (χ0v) is 15.2. The van der Waals surface area contributed by atoms with Gasteiger partial charge in [-0.05, 0) is 58.8 Å². The number of piperidine rings is 1. The van der Waals surface area contributed by atoms with Crippen molar-refractivity contribution in [3.05, 3.63) is 0 Å². The zero-order valence-electron chi connectivity index (χ0n) is 15.2. The van der Waals surface area contributed by atoms with Crippen LogP contribution in [0.15, 0.2) is 4.99 Å². The highest BCUT2D eigenvalue weighted by Crippen LogP contribution is 2.09. The molecule has 134 valence electrons. The zero-order chi connectivity index (χ0) is 16.2. The number of rotatable bonds is 7. The van der Waals surface area contributed by atoms with Crippen molar-refractivity contribution < 1.29 is 0 Å². The van der Waals surface area contributed by atoms with E-state index in [2.05, 4.69) is 27.4 Å². The lowest BCUT2D eigenvalue weighted by molar-refractivity contribution is 0.232. The van der Waals surface area contributed by atoms with Crippen molar-refractivity contribution in [1.29, 1.82) is 0 Å². The molecule has 2 aliphatic heterocycles. The van der Waals surface area contributed by atoms with Crippen LogP contribution in [0.5, 0.6) is 0 Å². The van der Waals surface area contributed by atoms with Gasteiger partial charge in [0.05, 0.1) is 6.54 Å². The summed E-state index contributed by atoms with van der Waals surface area (Å²) >= 11 is 0. The molecule has 2 rings (SSSR count). The monoisotopic (exact) mass is 323 g/mol. The lowest BCUT2D eigenvalue weighted by Gasteiger charge is -2.26. The molecule has 0 aliphatic carbocycles. The molecule has 0 aromatic heterocycles. The molecular weight excluding hydrogens is 286 g/mol. The summed E-state index contributed by atoms with van der Waals surface area (Å²) in [5.41, 5.74) is 0. The quantitative estimate of drug-likeness (QED) is 0.555. The van der Waals surface area contributed by atoms with Crippen LogP contribution in [0.1, 0.15) is 51.9 Å². The van der Waals surface area contributed by atoms with E-state index in [1.807, 2.05) is 0 Å². The molecule has 0 amide bonds. The Morgan fingerprint density at radius 3 is 1.96 bits per heavy atom. The number of guanidine groups is 1. The summed E-state index contributed by atoms with van der Waals surface area (Å²) in [4.78, 5) is 9.90. The third-order valence-electron chi connectivity index (χ3n) is 4.90. The van der Waals surface area contributed by atoms with Gasteiger partial charge in [-0.3, -0.25) is 4.99 Å². The van der Waals surface area contributed by atoms with E-state index in [1.54, 1.807) is 0 Å². The second-order valence-electron chi connectivity index (χ2n) is 6.85. The van der Waals surface area contributed by atoms with Crippen LogP contribution in [0.3, 0.4) is 0 Å². The minimum absolute atomic E-state index is 0.902. The van der Waals surface area contributed by atoms with Crippen LogP contribution in [0.2, 0.25) is 0 Å².